The average Bonchev–Trinajstić information content (AvgIpc) is 2.02. The molecule has 2 nitrogen and oxygen atoms in total. The van der Waals surface area contributed by atoms with Gasteiger partial charge in [-0.1, -0.05) is 19.9 Å². The monoisotopic (exact) mass is 197 g/mol. The minimum atomic E-state index is -0.106. The highest BCUT2D eigenvalue weighted by atomic mass is 16.2. The van der Waals surface area contributed by atoms with Crippen LogP contribution >= 0.6 is 0 Å². The van der Waals surface area contributed by atoms with Crippen molar-refractivity contribution in [2.45, 2.75) is 53.0 Å². The lowest BCUT2D eigenvalue weighted by Crippen LogP contribution is -2.46. The van der Waals surface area contributed by atoms with Gasteiger partial charge in [-0.25, -0.2) is 0 Å². The van der Waals surface area contributed by atoms with Gasteiger partial charge in [0.1, 0.15) is 0 Å². The van der Waals surface area contributed by atoms with Gasteiger partial charge in [-0.3, -0.25) is 4.79 Å². The minimum absolute atomic E-state index is 0.0750. The quantitative estimate of drug-likeness (QED) is 0.634. The fourth-order valence-electron chi connectivity index (χ4n) is 1.29. The molecular formula is C12H23NO. The summed E-state index contributed by atoms with van der Waals surface area (Å²) in [5, 5.41) is 0. The van der Waals surface area contributed by atoms with E-state index in [1.807, 2.05) is 4.90 Å². The van der Waals surface area contributed by atoms with E-state index in [1.54, 1.807) is 6.92 Å². The smallest absolute Gasteiger partial charge is 0.249 e. The summed E-state index contributed by atoms with van der Waals surface area (Å²) in [7, 11) is 0. The fourth-order valence-corrected chi connectivity index (χ4v) is 1.29. The Bertz CT molecular complexity index is 213. The molecule has 0 saturated carbocycles. The Morgan fingerprint density at radius 3 is 2.14 bits per heavy atom. The summed E-state index contributed by atoms with van der Waals surface area (Å²) in [6.45, 7) is 14.6. The first kappa shape index (κ1) is 13.2. The second-order valence-corrected chi connectivity index (χ2v) is 4.76. The van der Waals surface area contributed by atoms with Crippen molar-refractivity contribution in [3.05, 3.63) is 12.2 Å². The molecule has 0 N–H and O–H groups in total. The van der Waals surface area contributed by atoms with E-state index < -0.39 is 0 Å². The van der Waals surface area contributed by atoms with Crippen molar-refractivity contribution in [2.75, 3.05) is 6.54 Å². The first-order valence-corrected chi connectivity index (χ1v) is 5.28. The van der Waals surface area contributed by atoms with Crippen molar-refractivity contribution in [2.24, 2.45) is 0 Å². The molecular weight excluding hydrogens is 174 g/mol. The Kier molecular flexibility index (Phi) is 4.89. The van der Waals surface area contributed by atoms with Crippen molar-refractivity contribution in [3.8, 4) is 0 Å². The zero-order valence-corrected chi connectivity index (χ0v) is 10.2. The lowest BCUT2D eigenvalue weighted by atomic mass is 10.0. The van der Waals surface area contributed by atoms with E-state index in [0.29, 0.717) is 5.57 Å². The molecule has 0 heterocycles. The molecule has 0 aromatic heterocycles. The summed E-state index contributed by atoms with van der Waals surface area (Å²) in [6, 6.07) is 0. The number of carbonyl (C=O) groups excluding carboxylic acids is 1. The molecule has 1 amide bonds. The highest BCUT2D eigenvalue weighted by Crippen LogP contribution is 2.16. The predicted molar refractivity (Wildman–Crippen MR) is 61.2 cm³/mol. The molecule has 0 unspecified atom stereocenters. The number of hydrogen-bond acceptors (Lipinski definition) is 1. The van der Waals surface area contributed by atoms with Crippen LogP contribution in [0.1, 0.15) is 47.5 Å². The number of nitrogens with zero attached hydrogens (tertiary/aromatic N) is 1. The summed E-state index contributed by atoms with van der Waals surface area (Å²) in [4.78, 5) is 13.7. The van der Waals surface area contributed by atoms with E-state index in [0.717, 1.165) is 19.4 Å². The molecule has 82 valence electrons. The maximum Gasteiger partial charge on any atom is 0.249 e. The van der Waals surface area contributed by atoms with Gasteiger partial charge in [-0.15, -0.1) is 0 Å². The summed E-state index contributed by atoms with van der Waals surface area (Å²) < 4.78 is 0. The molecule has 2 heteroatoms. The molecule has 0 aliphatic heterocycles. The summed E-state index contributed by atoms with van der Waals surface area (Å²) in [5.41, 5.74) is 0.515. The van der Waals surface area contributed by atoms with Crippen LogP contribution in [-0.2, 0) is 4.79 Å². The number of carbonyl (C=O) groups is 1. The van der Waals surface area contributed by atoms with Crippen molar-refractivity contribution >= 4 is 5.91 Å². The second-order valence-electron chi connectivity index (χ2n) is 4.76. The average molecular weight is 197 g/mol. The molecule has 0 bridgehead atoms. The molecule has 0 aromatic rings. The predicted octanol–water partition coefficient (Wildman–Crippen LogP) is 2.99. The fraction of sp³-hybridized carbons (Fsp3) is 0.750. The zero-order chi connectivity index (χ0) is 11.4. The summed E-state index contributed by atoms with van der Waals surface area (Å²) in [6.07, 6.45) is 2.16. The number of rotatable bonds is 4. The molecule has 0 atom stereocenters. The number of unbranched alkanes of at least 4 members (excludes halogenated alkanes) is 1. The summed E-state index contributed by atoms with van der Waals surface area (Å²) in [5.74, 6) is 0.0750. The molecule has 14 heavy (non-hydrogen) atoms. The Morgan fingerprint density at radius 1 is 1.36 bits per heavy atom. The van der Waals surface area contributed by atoms with Gasteiger partial charge in [0.25, 0.3) is 0 Å². The van der Waals surface area contributed by atoms with Gasteiger partial charge < -0.3 is 4.90 Å². The van der Waals surface area contributed by atoms with Crippen LogP contribution in [-0.4, -0.2) is 22.9 Å². The van der Waals surface area contributed by atoms with Crippen molar-refractivity contribution in [1.29, 1.82) is 0 Å². The third-order valence-electron chi connectivity index (χ3n) is 2.16. The van der Waals surface area contributed by atoms with Crippen LogP contribution < -0.4 is 0 Å². The van der Waals surface area contributed by atoms with Crippen molar-refractivity contribution < 1.29 is 4.79 Å². The molecule has 0 rings (SSSR count). The molecule has 0 aliphatic carbocycles. The van der Waals surface area contributed by atoms with E-state index in [2.05, 4.69) is 34.3 Å². The van der Waals surface area contributed by atoms with Crippen LogP contribution in [0, 0.1) is 0 Å². The standard InChI is InChI=1S/C12H23NO/c1-7-8-9-13(12(4,5)6)11(14)10(2)3/h2,7-9H2,1,3-6H3. The van der Waals surface area contributed by atoms with Gasteiger partial charge in [0.05, 0.1) is 0 Å². The Balaban J connectivity index is 4.56. The maximum atomic E-state index is 11.8. The van der Waals surface area contributed by atoms with Crippen molar-refractivity contribution in [1.82, 2.24) is 4.90 Å². The normalized spacial score (nSPS) is 11.2. The van der Waals surface area contributed by atoms with Crippen LogP contribution in [0.3, 0.4) is 0 Å². The number of hydrogen-bond donors (Lipinski definition) is 0. The van der Waals surface area contributed by atoms with Gasteiger partial charge in [0, 0.05) is 17.7 Å². The van der Waals surface area contributed by atoms with Gasteiger partial charge in [-0.05, 0) is 34.1 Å². The minimum Gasteiger partial charge on any atom is -0.334 e. The van der Waals surface area contributed by atoms with Gasteiger partial charge in [-0.2, -0.15) is 0 Å². The summed E-state index contributed by atoms with van der Waals surface area (Å²) >= 11 is 0. The lowest BCUT2D eigenvalue weighted by Gasteiger charge is -2.36. The SMILES string of the molecule is C=C(C)C(=O)N(CCCC)C(C)(C)C. The molecule has 0 saturated heterocycles. The molecule has 0 aliphatic rings. The highest BCUT2D eigenvalue weighted by Gasteiger charge is 2.25. The second kappa shape index (κ2) is 5.18. The molecule has 0 fully saturated rings. The van der Waals surface area contributed by atoms with Gasteiger partial charge in [0.15, 0.2) is 0 Å². The Hall–Kier alpha value is -0.790. The molecule has 0 radical (unpaired) electrons. The van der Waals surface area contributed by atoms with Crippen LogP contribution in [0.25, 0.3) is 0 Å². The van der Waals surface area contributed by atoms with E-state index in [4.69, 9.17) is 0 Å². The zero-order valence-electron chi connectivity index (χ0n) is 10.2. The Morgan fingerprint density at radius 2 is 1.86 bits per heavy atom. The molecule has 0 aromatic carbocycles. The number of amides is 1. The first-order valence-electron chi connectivity index (χ1n) is 5.28. The topological polar surface area (TPSA) is 20.3 Å². The van der Waals surface area contributed by atoms with Gasteiger partial charge >= 0.3 is 0 Å². The highest BCUT2D eigenvalue weighted by molar-refractivity contribution is 5.92. The third kappa shape index (κ3) is 3.95. The van der Waals surface area contributed by atoms with Gasteiger partial charge in [0.2, 0.25) is 5.91 Å². The first-order chi connectivity index (χ1) is 6.30. The van der Waals surface area contributed by atoms with Crippen LogP contribution in [0.2, 0.25) is 0 Å². The van der Waals surface area contributed by atoms with E-state index in [9.17, 15) is 4.79 Å². The van der Waals surface area contributed by atoms with Crippen LogP contribution in [0.5, 0.6) is 0 Å². The van der Waals surface area contributed by atoms with Crippen LogP contribution in [0.15, 0.2) is 12.2 Å². The largest absolute Gasteiger partial charge is 0.334 e. The lowest BCUT2D eigenvalue weighted by molar-refractivity contribution is -0.131. The van der Waals surface area contributed by atoms with E-state index in [-0.39, 0.29) is 11.4 Å². The van der Waals surface area contributed by atoms with Crippen LogP contribution in [0.4, 0.5) is 0 Å². The Labute approximate surface area is 88.0 Å². The van der Waals surface area contributed by atoms with Crippen molar-refractivity contribution in [3.63, 3.8) is 0 Å². The maximum absolute atomic E-state index is 11.8. The third-order valence-corrected chi connectivity index (χ3v) is 2.16. The molecule has 0 spiro atoms. The van der Waals surface area contributed by atoms with E-state index >= 15 is 0 Å². The van der Waals surface area contributed by atoms with E-state index in [1.165, 1.54) is 0 Å².